The highest BCUT2D eigenvalue weighted by Gasteiger charge is 2.18. The van der Waals surface area contributed by atoms with E-state index in [1.54, 1.807) is 32.9 Å². The molecule has 1 aromatic rings. The second-order valence-corrected chi connectivity index (χ2v) is 3.95. The number of nitrogen functional groups attached to an aromatic ring is 1. The number of anilines is 1. The predicted octanol–water partition coefficient (Wildman–Crippen LogP) is 1.98. The molecule has 0 saturated carbocycles. The molecular weight excluding hydrogens is 196 g/mol. The van der Waals surface area contributed by atoms with Crippen LogP contribution in [0.4, 0.5) is 10.6 Å². The van der Waals surface area contributed by atoms with Crippen LogP contribution in [0.1, 0.15) is 20.8 Å². The Bertz CT molecular complexity index is 358. The largest absolute Gasteiger partial charge is 0.514 e. The number of rotatable bonds is 1. The Morgan fingerprint density at radius 2 is 2.13 bits per heavy atom. The molecule has 5 nitrogen and oxygen atoms in total. The van der Waals surface area contributed by atoms with Crippen LogP contribution < -0.4 is 10.5 Å². The molecule has 82 valence electrons. The molecule has 0 saturated heterocycles. The molecule has 0 aromatic carbocycles. The van der Waals surface area contributed by atoms with Gasteiger partial charge in [-0.2, -0.15) is 0 Å². The van der Waals surface area contributed by atoms with Gasteiger partial charge in [0, 0.05) is 6.20 Å². The van der Waals surface area contributed by atoms with Gasteiger partial charge >= 0.3 is 6.16 Å². The molecule has 0 aliphatic heterocycles. The van der Waals surface area contributed by atoms with Crippen molar-refractivity contribution in [3.05, 3.63) is 18.3 Å². The van der Waals surface area contributed by atoms with Gasteiger partial charge in [-0.1, -0.05) is 0 Å². The molecule has 0 fully saturated rings. The molecule has 0 radical (unpaired) electrons. The van der Waals surface area contributed by atoms with Crippen molar-refractivity contribution in [3.8, 4) is 5.75 Å². The lowest BCUT2D eigenvalue weighted by atomic mass is 10.2. The van der Waals surface area contributed by atoms with E-state index >= 15 is 0 Å². The summed E-state index contributed by atoms with van der Waals surface area (Å²) < 4.78 is 9.82. The zero-order valence-electron chi connectivity index (χ0n) is 8.98. The number of ether oxygens (including phenoxy) is 2. The van der Waals surface area contributed by atoms with E-state index in [0.717, 1.165) is 0 Å². The van der Waals surface area contributed by atoms with Gasteiger partial charge in [0.1, 0.15) is 5.60 Å². The normalized spacial score (nSPS) is 10.9. The fraction of sp³-hybridized carbons (Fsp3) is 0.400. The summed E-state index contributed by atoms with van der Waals surface area (Å²) in [6, 6.07) is 3.17. The molecule has 5 heteroatoms. The van der Waals surface area contributed by atoms with E-state index in [9.17, 15) is 4.79 Å². The van der Waals surface area contributed by atoms with E-state index < -0.39 is 11.8 Å². The smallest absolute Gasteiger partial charge is 0.428 e. The number of carbonyl (C=O) groups excluding carboxylic acids is 1. The molecule has 1 heterocycles. The number of aromatic nitrogens is 1. The molecule has 0 spiro atoms. The van der Waals surface area contributed by atoms with Crippen molar-refractivity contribution in [2.24, 2.45) is 0 Å². The Morgan fingerprint density at radius 3 is 2.67 bits per heavy atom. The minimum atomic E-state index is -0.790. The molecule has 1 rings (SSSR count). The van der Waals surface area contributed by atoms with E-state index in [1.807, 2.05) is 0 Å². The van der Waals surface area contributed by atoms with Crippen LogP contribution in [0.15, 0.2) is 18.3 Å². The summed E-state index contributed by atoms with van der Waals surface area (Å²) in [7, 11) is 0. The van der Waals surface area contributed by atoms with Crippen molar-refractivity contribution in [1.82, 2.24) is 4.98 Å². The van der Waals surface area contributed by atoms with Gasteiger partial charge in [-0.3, -0.25) is 0 Å². The molecule has 0 aliphatic rings. The second kappa shape index (κ2) is 4.16. The lowest BCUT2D eigenvalue weighted by molar-refractivity contribution is 0.0207. The quantitative estimate of drug-likeness (QED) is 0.717. The maximum absolute atomic E-state index is 11.3. The zero-order chi connectivity index (χ0) is 11.5. The molecule has 0 aliphatic carbocycles. The van der Waals surface area contributed by atoms with Crippen LogP contribution in [0.5, 0.6) is 5.75 Å². The Morgan fingerprint density at radius 1 is 1.47 bits per heavy atom. The van der Waals surface area contributed by atoms with Crippen LogP contribution in [0.3, 0.4) is 0 Å². The number of nitrogens with two attached hydrogens (primary N) is 1. The van der Waals surface area contributed by atoms with Crippen LogP contribution >= 0.6 is 0 Å². The van der Waals surface area contributed by atoms with E-state index in [-0.39, 0.29) is 11.6 Å². The molecule has 0 atom stereocenters. The first-order chi connectivity index (χ1) is 6.88. The summed E-state index contributed by atoms with van der Waals surface area (Å²) in [4.78, 5) is 15.0. The second-order valence-electron chi connectivity index (χ2n) is 3.95. The summed E-state index contributed by atoms with van der Waals surface area (Å²) >= 11 is 0. The van der Waals surface area contributed by atoms with Crippen LogP contribution in [-0.2, 0) is 4.74 Å². The third-order valence-electron chi connectivity index (χ3n) is 1.38. The molecule has 0 unspecified atom stereocenters. The average molecular weight is 210 g/mol. The van der Waals surface area contributed by atoms with Crippen LogP contribution in [0.25, 0.3) is 0 Å². The average Bonchev–Trinajstić information content (AvgIpc) is 2.05. The molecule has 1 aromatic heterocycles. The number of carbonyl (C=O) groups is 1. The van der Waals surface area contributed by atoms with Gasteiger partial charge in [-0.25, -0.2) is 9.78 Å². The van der Waals surface area contributed by atoms with Crippen molar-refractivity contribution in [2.75, 3.05) is 5.73 Å². The van der Waals surface area contributed by atoms with Gasteiger partial charge in [-0.05, 0) is 32.9 Å². The molecular formula is C10H14N2O3. The third-order valence-corrected chi connectivity index (χ3v) is 1.38. The highest BCUT2D eigenvalue weighted by Crippen LogP contribution is 2.18. The fourth-order valence-electron chi connectivity index (χ4n) is 0.850. The van der Waals surface area contributed by atoms with Crippen molar-refractivity contribution < 1.29 is 14.3 Å². The predicted molar refractivity (Wildman–Crippen MR) is 55.5 cm³/mol. The Balaban J connectivity index is 2.64. The van der Waals surface area contributed by atoms with Crippen LogP contribution in [0, 0.1) is 0 Å². The lowest BCUT2D eigenvalue weighted by Crippen LogP contribution is -2.26. The molecule has 0 bridgehead atoms. The van der Waals surface area contributed by atoms with E-state index in [2.05, 4.69) is 4.98 Å². The number of pyridine rings is 1. The lowest BCUT2D eigenvalue weighted by Gasteiger charge is -2.18. The Labute approximate surface area is 88.2 Å². The molecule has 0 amide bonds. The highest BCUT2D eigenvalue weighted by atomic mass is 16.7. The summed E-state index contributed by atoms with van der Waals surface area (Å²) in [6.45, 7) is 5.25. The summed E-state index contributed by atoms with van der Waals surface area (Å²) in [5.41, 5.74) is 4.90. The van der Waals surface area contributed by atoms with E-state index in [4.69, 9.17) is 15.2 Å². The SMILES string of the molecule is CC(C)(C)OC(=O)Oc1cccnc1N. The van der Waals surface area contributed by atoms with Crippen molar-refractivity contribution in [2.45, 2.75) is 26.4 Å². The van der Waals surface area contributed by atoms with Gasteiger partial charge in [-0.15, -0.1) is 0 Å². The highest BCUT2D eigenvalue weighted by molar-refractivity contribution is 5.66. The fourth-order valence-corrected chi connectivity index (χ4v) is 0.850. The monoisotopic (exact) mass is 210 g/mol. The van der Waals surface area contributed by atoms with Crippen LogP contribution in [-0.4, -0.2) is 16.7 Å². The first kappa shape index (κ1) is 11.3. The van der Waals surface area contributed by atoms with Gasteiger partial charge in [0.2, 0.25) is 0 Å². The third kappa shape index (κ3) is 3.84. The number of hydrogen-bond donors (Lipinski definition) is 1. The number of nitrogens with zero attached hydrogens (tertiary/aromatic N) is 1. The maximum atomic E-state index is 11.3. The van der Waals surface area contributed by atoms with Crippen molar-refractivity contribution in [3.63, 3.8) is 0 Å². The van der Waals surface area contributed by atoms with Gasteiger partial charge in [0.15, 0.2) is 11.6 Å². The van der Waals surface area contributed by atoms with Gasteiger partial charge in [0.05, 0.1) is 0 Å². The summed E-state index contributed by atoms with van der Waals surface area (Å²) in [5.74, 6) is 0.357. The Hall–Kier alpha value is -1.78. The van der Waals surface area contributed by atoms with Crippen LogP contribution in [0.2, 0.25) is 0 Å². The minimum Gasteiger partial charge on any atom is -0.428 e. The molecule has 2 N–H and O–H groups in total. The van der Waals surface area contributed by atoms with Crippen molar-refractivity contribution in [1.29, 1.82) is 0 Å². The first-order valence-corrected chi connectivity index (χ1v) is 4.50. The van der Waals surface area contributed by atoms with E-state index in [1.165, 1.54) is 6.20 Å². The van der Waals surface area contributed by atoms with Gasteiger partial charge < -0.3 is 15.2 Å². The summed E-state index contributed by atoms with van der Waals surface area (Å²) in [6.07, 6.45) is 0.722. The number of hydrogen-bond acceptors (Lipinski definition) is 5. The summed E-state index contributed by atoms with van der Waals surface area (Å²) in [5, 5.41) is 0. The maximum Gasteiger partial charge on any atom is 0.514 e. The standard InChI is InChI=1S/C10H14N2O3/c1-10(2,3)15-9(13)14-7-5-4-6-12-8(7)11/h4-6H,1-3H3,(H2,11,12). The first-order valence-electron chi connectivity index (χ1n) is 4.50. The van der Waals surface area contributed by atoms with Crippen molar-refractivity contribution >= 4 is 12.0 Å². The zero-order valence-corrected chi connectivity index (χ0v) is 8.98. The van der Waals surface area contributed by atoms with Gasteiger partial charge in [0.25, 0.3) is 0 Å². The molecule has 15 heavy (non-hydrogen) atoms. The Kier molecular flexibility index (Phi) is 3.14. The van der Waals surface area contributed by atoms with E-state index in [0.29, 0.717) is 0 Å². The minimum absolute atomic E-state index is 0.156. The topological polar surface area (TPSA) is 74.4 Å².